The van der Waals surface area contributed by atoms with Gasteiger partial charge < -0.3 is 4.74 Å². The second-order valence-electron chi connectivity index (χ2n) is 5.76. The van der Waals surface area contributed by atoms with E-state index < -0.39 is 0 Å². The Kier molecular flexibility index (Phi) is 3.26. The Labute approximate surface area is 128 Å². The maximum Gasteiger partial charge on any atom is 0.221 e. The topological polar surface area (TPSA) is 22.1 Å². The van der Waals surface area contributed by atoms with Gasteiger partial charge in [-0.25, -0.2) is 9.37 Å². The third-order valence-electron chi connectivity index (χ3n) is 4.08. The van der Waals surface area contributed by atoms with Gasteiger partial charge >= 0.3 is 0 Å². The van der Waals surface area contributed by atoms with Crippen LogP contribution in [0.3, 0.4) is 0 Å². The van der Waals surface area contributed by atoms with Crippen LogP contribution >= 0.6 is 0 Å². The predicted molar refractivity (Wildman–Crippen MR) is 84.5 cm³/mol. The first-order valence-electron chi connectivity index (χ1n) is 7.56. The smallest absolute Gasteiger partial charge is 0.221 e. The van der Waals surface area contributed by atoms with E-state index in [1.54, 1.807) is 12.3 Å². The summed E-state index contributed by atoms with van der Waals surface area (Å²) in [6, 6.07) is 15.3. The maximum atomic E-state index is 14.1. The highest BCUT2D eigenvalue weighted by Crippen LogP contribution is 2.43. The molecule has 2 aromatic carbocycles. The Morgan fingerprint density at radius 3 is 2.68 bits per heavy atom. The lowest BCUT2D eigenvalue weighted by atomic mass is 10.0. The Hall–Kier alpha value is -2.42. The molecule has 0 bridgehead atoms. The van der Waals surface area contributed by atoms with Crippen LogP contribution in [0, 0.1) is 5.82 Å². The number of ether oxygens (including phenoxy) is 1. The molecule has 3 aromatic rings. The molecule has 1 saturated carbocycles. The molecule has 1 aromatic heterocycles. The van der Waals surface area contributed by atoms with Crippen LogP contribution in [0.2, 0.25) is 0 Å². The van der Waals surface area contributed by atoms with Crippen molar-refractivity contribution in [3.63, 3.8) is 0 Å². The number of rotatable bonds is 4. The average molecular weight is 293 g/mol. The molecule has 4 rings (SSSR count). The van der Waals surface area contributed by atoms with Gasteiger partial charge in [0.1, 0.15) is 12.4 Å². The quantitative estimate of drug-likeness (QED) is 0.687. The summed E-state index contributed by atoms with van der Waals surface area (Å²) in [4.78, 5) is 4.33. The zero-order valence-corrected chi connectivity index (χ0v) is 12.1. The minimum Gasteiger partial charge on any atom is -0.472 e. The van der Waals surface area contributed by atoms with Crippen molar-refractivity contribution in [2.75, 3.05) is 0 Å². The van der Waals surface area contributed by atoms with E-state index in [4.69, 9.17) is 4.74 Å². The van der Waals surface area contributed by atoms with E-state index in [1.165, 1.54) is 0 Å². The van der Waals surface area contributed by atoms with Gasteiger partial charge in [-0.3, -0.25) is 0 Å². The molecular weight excluding hydrogens is 277 g/mol. The van der Waals surface area contributed by atoms with E-state index in [-0.39, 0.29) is 5.82 Å². The van der Waals surface area contributed by atoms with Crippen molar-refractivity contribution < 1.29 is 9.13 Å². The largest absolute Gasteiger partial charge is 0.472 e. The Bertz CT molecular complexity index is 812. The summed E-state index contributed by atoms with van der Waals surface area (Å²) in [5, 5.41) is 1.72. The summed E-state index contributed by atoms with van der Waals surface area (Å²) in [6.45, 7) is 0.461. The zero-order valence-electron chi connectivity index (χ0n) is 12.1. The van der Waals surface area contributed by atoms with Crippen molar-refractivity contribution in [3.05, 3.63) is 71.7 Å². The van der Waals surface area contributed by atoms with Crippen LogP contribution in [0.4, 0.5) is 4.39 Å². The van der Waals surface area contributed by atoms with E-state index in [1.807, 2.05) is 42.5 Å². The van der Waals surface area contributed by atoms with Crippen molar-refractivity contribution in [2.24, 2.45) is 0 Å². The molecule has 0 spiro atoms. The second kappa shape index (κ2) is 5.41. The van der Waals surface area contributed by atoms with E-state index >= 15 is 0 Å². The zero-order chi connectivity index (χ0) is 14.9. The van der Waals surface area contributed by atoms with Gasteiger partial charge in [-0.05, 0) is 53.5 Å². The molecule has 0 unspecified atom stereocenters. The summed E-state index contributed by atoms with van der Waals surface area (Å²) in [5.41, 5.74) is 1.89. The van der Waals surface area contributed by atoms with Crippen LogP contribution < -0.4 is 4.74 Å². The highest BCUT2D eigenvalue weighted by atomic mass is 19.1. The minimum atomic E-state index is -0.116. The lowest BCUT2D eigenvalue weighted by molar-refractivity contribution is 0.298. The predicted octanol–water partition coefficient (Wildman–Crippen LogP) is 4.83. The molecule has 1 fully saturated rings. The first-order chi connectivity index (χ1) is 10.8. The fourth-order valence-corrected chi connectivity index (χ4v) is 2.73. The summed E-state index contributed by atoms with van der Waals surface area (Å²) in [7, 11) is 0. The highest BCUT2D eigenvalue weighted by molar-refractivity contribution is 5.87. The molecule has 22 heavy (non-hydrogen) atoms. The summed E-state index contributed by atoms with van der Waals surface area (Å²) in [6.07, 6.45) is 3.81. The van der Waals surface area contributed by atoms with Crippen molar-refractivity contribution in [3.8, 4) is 5.88 Å². The van der Waals surface area contributed by atoms with Crippen LogP contribution in [0.1, 0.15) is 29.9 Å². The van der Waals surface area contributed by atoms with Crippen LogP contribution in [0.5, 0.6) is 5.88 Å². The van der Waals surface area contributed by atoms with E-state index in [9.17, 15) is 4.39 Å². The van der Waals surface area contributed by atoms with Gasteiger partial charge in [0.25, 0.3) is 0 Å². The molecule has 110 valence electrons. The molecule has 0 amide bonds. The molecule has 1 aliphatic carbocycles. The summed E-state index contributed by atoms with van der Waals surface area (Å²) < 4.78 is 20.0. The van der Waals surface area contributed by atoms with Gasteiger partial charge in [-0.2, -0.15) is 0 Å². The maximum absolute atomic E-state index is 14.1. The summed E-state index contributed by atoms with van der Waals surface area (Å²) in [5.74, 6) is 0.824. The first-order valence-corrected chi connectivity index (χ1v) is 7.56. The molecule has 2 nitrogen and oxygen atoms in total. The Morgan fingerprint density at radius 2 is 1.91 bits per heavy atom. The third-order valence-corrected chi connectivity index (χ3v) is 4.08. The highest BCUT2D eigenvalue weighted by Gasteiger charge is 2.27. The molecule has 0 atom stereocenters. The number of halogens is 1. The van der Waals surface area contributed by atoms with Crippen LogP contribution in [0.25, 0.3) is 10.8 Å². The van der Waals surface area contributed by atoms with Gasteiger partial charge in [0.05, 0.1) is 0 Å². The minimum absolute atomic E-state index is 0.116. The normalized spacial score (nSPS) is 14.2. The van der Waals surface area contributed by atoms with Crippen molar-refractivity contribution >= 4 is 10.8 Å². The number of benzene rings is 2. The lowest BCUT2D eigenvalue weighted by Crippen LogP contribution is -1.98. The van der Waals surface area contributed by atoms with E-state index in [0.717, 1.165) is 34.7 Å². The van der Waals surface area contributed by atoms with Crippen molar-refractivity contribution in [2.45, 2.75) is 25.4 Å². The first kappa shape index (κ1) is 13.3. The lowest BCUT2D eigenvalue weighted by Gasteiger charge is -2.10. The molecular formula is C19H16FNO. The van der Waals surface area contributed by atoms with E-state index in [0.29, 0.717) is 18.4 Å². The SMILES string of the molecule is Fc1cc2ccnc(OCc3ccccc3)c2cc1C1CC1. The number of hydrogen-bond acceptors (Lipinski definition) is 2. The van der Waals surface area contributed by atoms with Crippen LogP contribution in [-0.4, -0.2) is 4.98 Å². The molecule has 3 heteroatoms. The molecule has 0 N–H and O–H groups in total. The Morgan fingerprint density at radius 1 is 1.09 bits per heavy atom. The molecule has 0 saturated heterocycles. The standard InChI is InChI=1S/C19H16FNO/c20-18-10-15-8-9-21-19(17(15)11-16(18)14-6-7-14)22-12-13-4-2-1-3-5-13/h1-5,8-11,14H,6-7,12H2. The van der Waals surface area contributed by atoms with Crippen molar-refractivity contribution in [1.82, 2.24) is 4.98 Å². The fourth-order valence-electron chi connectivity index (χ4n) is 2.73. The number of aromatic nitrogens is 1. The van der Waals surface area contributed by atoms with Gasteiger partial charge in [0.2, 0.25) is 5.88 Å². The van der Waals surface area contributed by atoms with Crippen molar-refractivity contribution in [1.29, 1.82) is 0 Å². The molecule has 0 aliphatic heterocycles. The number of fused-ring (bicyclic) bond motifs is 1. The number of nitrogens with zero attached hydrogens (tertiary/aromatic N) is 1. The monoisotopic (exact) mass is 293 g/mol. The number of hydrogen-bond donors (Lipinski definition) is 0. The third kappa shape index (κ3) is 2.54. The number of pyridine rings is 1. The van der Waals surface area contributed by atoms with Gasteiger partial charge in [-0.15, -0.1) is 0 Å². The fraction of sp³-hybridized carbons (Fsp3) is 0.211. The average Bonchev–Trinajstić information content (AvgIpc) is 3.38. The van der Waals surface area contributed by atoms with E-state index in [2.05, 4.69) is 4.98 Å². The molecule has 1 heterocycles. The molecule has 1 aliphatic rings. The van der Waals surface area contributed by atoms with Crippen LogP contribution in [-0.2, 0) is 6.61 Å². The van der Waals surface area contributed by atoms with Gasteiger partial charge in [-0.1, -0.05) is 30.3 Å². The second-order valence-corrected chi connectivity index (χ2v) is 5.76. The van der Waals surface area contributed by atoms with Gasteiger partial charge in [0, 0.05) is 11.6 Å². The van der Waals surface area contributed by atoms with Gasteiger partial charge in [0.15, 0.2) is 0 Å². The summed E-state index contributed by atoms with van der Waals surface area (Å²) >= 11 is 0. The van der Waals surface area contributed by atoms with Crippen LogP contribution in [0.15, 0.2) is 54.7 Å². The molecule has 0 radical (unpaired) electrons. The Balaban J connectivity index is 1.69.